The maximum absolute atomic E-state index is 4.76. The first-order valence-electron chi connectivity index (χ1n) is 14.0. The van der Waals surface area contributed by atoms with Crippen molar-refractivity contribution in [3.05, 3.63) is 78.2 Å². The fourth-order valence-corrected chi connectivity index (χ4v) is 6.19. The standard InChI is InChI=1S/C30H36N8S/c1-3-7-23(8-4-1)21-37-15-17-38(18-16-37)22-24-11-13-31-28(19-24)36-30-33-20-27(39-30)26-12-14-32-29(35-26)34-25-9-5-2-6-10-25/h1,3-4,7-8,11-14,19-20,25H,2,5-6,9-10,15-18,21-22H2,(H,31,33,36)(H,32,34,35). The van der Waals surface area contributed by atoms with E-state index < -0.39 is 0 Å². The molecule has 8 nitrogen and oxygen atoms in total. The summed E-state index contributed by atoms with van der Waals surface area (Å²) in [4.78, 5) is 24.4. The molecule has 0 unspecified atom stereocenters. The number of nitrogens with one attached hydrogen (secondary N) is 2. The molecule has 0 amide bonds. The minimum Gasteiger partial charge on any atom is -0.351 e. The highest BCUT2D eigenvalue weighted by atomic mass is 32.1. The maximum atomic E-state index is 4.76. The van der Waals surface area contributed by atoms with Crippen LogP contribution >= 0.6 is 11.3 Å². The molecule has 1 aromatic carbocycles. The number of piperazine rings is 1. The summed E-state index contributed by atoms with van der Waals surface area (Å²) in [5.41, 5.74) is 3.54. The quantitative estimate of drug-likeness (QED) is 0.276. The number of pyridine rings is 1. The molecule has 1 aliphatic heterocycles. The average Bonchev–Trinajstić information content (AvgIpc) is 3.44. The summed E-state index contributed by atoms with van der Waals surface area (Å²) in [5, 5.41) is 7.73. The van der Waals surface area contributed by atoms with Crippen molar-refractivity contribution >= 4 is 28.2 Å². The minimum absolute atomic E-state index is 0.476. The van der Waals surface area contributed by atoms with Crippen LogP contribution in [-0.2, 0) is 13.1 Å². The third-order valence-electron chi connectivity index (χ3n) is 7.53. The Kier molecular flexibility index (Phi) is 8.38. The summed E-state index contributed by atoms with van der Waals surface area (Å²) in [6, 6.07) is 17.4. The molecule has 0 spiro atoms. The Labute approximate surface area is 234 Å². The number of anilines is 3. The molecule has 6 rings (SSSR count). The van der Waals surface area contributed by atoms with Gasteiger partial charge in [0, 0.05) is 63.9 Å². The van der Waals surface area contributed by atoms with Crippen molar-refractivity contribution in [2.45, 2.75) is 51.2 Å². The van der Waals surface area contributed by atoms with Crippen molar-refractivity contribution in [3.63, 3.8) is 0 Å². The van der Waals surface area contributed by atoms with Crippen molar-refractivity contribution in [2.75, 3.05) is 36.8 Å². The lowest BCUT2D eigenvalue weighted by Crippen LogP contribution is -2.45. The minimum atomic E-state index is 0.476. The largest absolute Gasteiger partial charge is 0.351 e. The Morgan fingerprint density at radius 2 is 1.54 bits per heavy atom. The van der Waals surface area contributed by atoms with Gasteiger partial charge in [-0.15, -0.1) is 0 Å². The second kappa shape index (κ2) is 12.6. The van der Waals surface area contributed by atoms with E-state index in [1.165, 1.54) is 43.2 Å². The molecule has 0 radical (unpaired) electrons. The second-order valence-electron chi connectivity index (χ2n) is 10.5. The Balaban J connectivity index is 1.02. The van der Waals surface area contributed by atoms with Gasteiger partial charge < -0.3 is 10.6 Å². The molecule has 3 aromatic heterocycles. The van der Waals surface area contributed by atoms with E-state index in [1.807, 2.05) is 24.7 Å². The summed E-state index contributed by atoms with van der Waals surface area (Å²) in [6.07, 6.45) is 11.9. The molecule has 4 heterocycles. The Bertz CT molecular complexity index is 1330. The van der Waals surface area contributed by atoms with E-state index in [9.17, 15) is 0 Å². The number of hydrogen-bond acceptors (Lipinski definition) is 9. The number of rotatable bonds is 9. The molecular formula is C30H36N8S. The predicted molar refractivity (Wildman–Crippen MR) is 158 cm³/mol. The second-order valence-corrected chi connectivity index (χ2v) is 11.5. The number of thiazole rings is 1. The summed E-state index contributed by atoms with van der Waals surface area (Å²) in [7, 11) is 0. The molecule has 1 aliphatic carbocycles. The lowest BCUT2D eigenvalue weighted by molar-refractivity contribution is 0.122. The molecule has 4 aromatic rings. The van der Waals surface area contributed by atoms with E-state index in [1.54, 1.807) is 11.3 Å². The normalized spacial score (nSPS) is 17.2. The van der Waals surface area contributed by atoms with Crippen molar-refractivity contribution in [3.8, 4) is 10.6 Å². The van der Waals surface area contributed by atoms with Gasteiger partial charge in [-0.25, -0.2) is 19.9 Å². The molecule has 1 saturated heterocycles. The van der Waals surface area contributed by atoms with Crippen LogP contribution in [0.25, 0.3) is 10.6 Å². The van der Waals surface area contributed by atoms with Crippen LogP contribution < -0.4 is 10.6 Å². The average molecular weight is 541 g/mol. The monoisotopic (exact) mass is 540 g/mol. The molecule has 202 valence electrons. The predicted octanol–water partition coefficient (Wildman–Crippen LogP) is 5.80. The highest BCUT2D eigenvalue weighted by Crippen LogP contribution is 2.30. The molecule has 0 atom stereocenters. The van der Waals surface area contributed by atoms with Crippen molar-refractivity contribution in [2.24, 2.45) is 0 Å². The first-order valence-corrected chi connectivity index (χ1v) is 14.8. The molecule has 2 aliphatic rings. The van der Waals surface area contributed by atoms with Crippen LogP contribution in [0.15, 0.2) is 67.1 Å². The first kappa shape index (κ1) is 25.9. The van der Waals surface area contributed by atoms with Crippen LogP contribution in [0.1, 0.15) is 43.2 Å². The smallest absolute Gasteiger partial charge is 0.223 e. The highest BCUT2D eigenvalue weighted by Gasteiger charge is 2.18. The molecule has 2 N–H and O–H groups in total. The fraction of sp³-hybridized carbons (Fsp3) is 0.400. The molecule has 1 saturated carbocycles. The SMILES string of the molecule is c1ccc(CN2CCN(Cc3ccnc(Nc4ncc(-c5ccnc(NC6CCCCC6)n5)s4)c3)CC2)cc1. The zero-order chi connectivity index (χ0) is 26.3. The summed E-state index contributed by atoms with van der Waals surface area (Å²) < 4.78 is 0. The van der Waals surface area contributed by atoms with E-state index in [-0.39, 0.29) is 0 Å². The van der Waals surface area contributed by atoms with Gasteiger partial charge in [-0.1, -0.05) is 60.9 Å². The zero-order valence-corrected chi connectivity index (χ0v) is 23.1. The van der Waals surface area contributed by atoms with Crippen molar-refractivity contribution in [1.29, 1.82) is 0 Å². The van der Waals surface area contributed by atoms with Gasteiger partial charge in [0.05, 0.1) is 10.6 Å². The summed E-state index contributed by atoms with van der Waals surface area (Å²) >= 11 is 1.58. The maximum Gasteiger partial charge on any atom is 0.223 e. The van der Waals surface area contributed by atoms with E-state index in [4.69, 9.17) is 4.98 Å². The summed E-state index contributed by atoms with van der Waals surface area (Å²) in [6.45, 7) is 6.29. The Morgan fingerprint density at radius 1 is 0.795 bits per heavy atom. The zero-order valence-electron chi connectivity index (χ0n) is 22.3. The van der Waals surface area contributed by atoms with Crippen LogP contribution in [0.4, 0.5) is 16.9 Å². The van der Waals surface area contributed by atoms with Crippen molar-refractivity contribution in [1.82, 2.24) is 29.7 Å². The van der Waals surface area contributed by atoms with Gasteiger partial charge in [-0.3, -0.25) is 9.80 Å². The molecule has 39 heavy (non-hydrogen) atoms. The van der Waals surface area contributed by atoms with Gasteiger partial charge in [-0.05, 0) is 42.2 Å². The van der Waals surface area contributed by atoms with Gasteiger partial charge in [0.25, 0.3) is 0 Å². The van der Waals surface area contributed by atoms with E-state index in [2.05, 4.69) is 77.8 Å². The molecular weight excluding hydrogens is 504 g/mol. The lowest BCUT2D eigenvalue weighted by atomic mass is 9.96. The van der Waals surface area contributed by atoms with Gasteiger partial charge in [0.15, 0.2) is 5.13 Å². The highest BCUT2D eigenvalue weighted by molar-refractivity contribution is 7.18. The van der Waals surface area contributed by atoms with E-state index >= 15 is 0 Å². The van der Waals surface area contributed by atoms with Gasteiger partial charge >= 0.3 is 0 Å². The van der Waals surface area contributed by atoms with Crippen LogP contribution in [0.2, 0.25) is 0 Å². The third-order valence-corrected chi connectivity index (χ3v) is 8.47. The van der Waals surface area contributed by atoms with Gasteiger partial charge in [0.2, 0.25) is 5.95 Å². The van der Waals surface area contributed by atoms with E-state index in [0.717, 1.165) is 60.8 Å². The first-order chi connectivity index (χ1) is 19.3. The van der Waals surface area contributed by atoms with Crippen molar-refractivity contribution < 1.29 is 0 Å². The number of nitrogens with zero attached hydrogens (tertiary/aromatic N) is 6. The Morgan fingerprint density at radius 3 is 2.33 bits per heavy atom. The summed E-state index contributed by atoms with van der Waals surface area (Å²) in [5.74, 6) is 1.52. The topological polar surface area (TPSA) is 82.1 Å². The van der Waals surface area contributed by atoms with Gasteiger partial charge in [0.1, 0.15) is 5.82 Å². The fourth-order valence-electron chi connectivity index (χ4n) is 5.40. The third kappa shape index (κ3) is 7.17. The molecule has 9 heteroatoms. The van der Waals surface area contributed by atoms with Gasteiger partial charge in [-0.2, -0.15) is 0 Å². The van der Waals surface area contributed by atoms with Crippen LogP contribution in [0.3, 0.4) is 0 Å². The number of benzene rings is 1. The van der Waals surface area contributed by atoms with Crippen LogP contribution in [0.5, 0.6) is 0 Å². The van der Waals surface area contributed by atoms with Crippen LogP contribution in [0, 0.1) is 0 Å². The lowest BCUT2D eigenvalue weighted by Gasteiger charge is -2.34. The molecule has 0 bridgehead atoms. The Hall–Kier alpha value is -3.40. The number of hydrogen-bond donors (Lipinski definition) is 2. The molecule has 2 fully saturated rings. The van der Waals surface area contributed by atoms with E-state index in [0.29, 0.717) is 12.0 Å². The number of aromatic nitrogens is 4. The van der Waals surface area contributed by atoms with Crippen LogP contribution in [-0.4, -0.2) is 62.0 Å².